The minimum absolute atomic E-state index is 0.290. The number of fused-ring (bicyclic) bond motifs is 1. The van der Waals surface area contributed by atoms with Gasteiger partial charge in [0.05, 0.1) is 6.07 Å². The third-order valence-electron chi connectivity index (χ3n) is 5.31. The number of nitrogens with zero attached hydrogens (tertiary/aromatic N) is 2. The van der Waals surface area contributed by atoms with Crippen LogP contribution in [0.25, 0.3) is 0 Å². The Bertz CT molecular complexity index is 1110. The standard InChI is InChI=1S/C24H18Cl2N2O2/c25-18-13-21-20(22(26)14-18)11-12-28(23(29)30-19-9-5-2-6-10-19)24(21,16-27)15-17-7-3-1-4-8-17/h1-10,13-14H,11-12,15H2/t24-/m1/s1. The van der Waals surface area contributed by atoms with E-state index in [1.54, 1.807) is 36.4 Å². The first-order valence-electron chi connectivity index (χ1n) is 9.51. The fraction of sp³-hybridized carbons (Fsp3) is 0.167. The van der Waals surface area contributed by atoms with Crippen LogP contribution >= 0.6 is 23.2 Å². The van der Waals surface area contributed by atoms with E-state index in [0.29, 0.717) is 34.3 Å². The van der Waals surface area contributed by atoms with Gasteiger partial charge in [-0.15, -0.1) is 0 Å². The molecule has 0 saturated heterocycles. The van der Waals surface area contributed by atoms with Crippen LogP contribution in [0.4, 0.5) is 4.79 Å². The fourth-order valence-electron chi connectivity index (χ4n) is 3.92. The highest BCUT2D eigenvalue weighted by Gasteiger charge is 2.47. The summed E-state index contributed by atoms with van der Waals surface area (Å²) >= 11 is 12.8. The molecular formula is C24H18Cl2N2O2. The minimum atomic E-state index is -1.30. The monoisotopic (exact) mass is 436 g/mol. The summed E-state index contributed by atoms with van der Waals surface area (Å²) in [4.78, 5) is 14.7. The molecule has 1 atom stereocenters. The molecule has 0 saturated carbocycles. The second kappa shape index (κ2) is 8.39. The van der Waals surface area contributed by atoms with E-state index >= 15 is 0 Å². The number of halogens is 2. The molecule has 150 valence electrons. The molecule has 1 aliphatic rings. The lowest BCUT2D eigenvalue weighted by atomic mass is 9.77. The molecule has 0 unspecified atom stereocenters. The van der Waals surface area contributed by atoms with E-state index in [1.807, 2.05) is 36.4 Å². The Morgan fingerprint density at radius 3 is 2.40 bits per heavy atom. The molecule has 0 spiro atoms. The third kappa shape index (κ3) is 3.75. The van der Waals surface area contributed by atoms with Crippen LogP contribution in [-0.2, 0) is 18.4 Å². The molecule has 1 amide bonds. The van der Waals surface area contributed by atoms with E-state index in [4.69, 9.17) is 27.9 Å². The van der Waals surface area contributed by atoms with Gasteiger partial charge in [0.2, 0.25) is 0 Å². The van der Waals surface area contributed by atoms with Gasteiger partial charge in [0.15, 0.2) is 5.54 Å². The Balaban J connectivity index is 1.82. The van der Waals surface area contributed by atoms with Gasteiger partial charge >= 0.3 is 6.09 Å². The second-order valence-corrected chi connectivity index (χ2v) is 7.97. The van der Waals surface area contributed by atoms with Gasteiger partial charge in [0.25, 0.3) is 0 Å². The van der Waals surface area contributed by atoms with Crippen molar-refractivity contribution in [3.8, 4) is 11.8 Å². The van der Waals surface area contributed by atoms with E-state index in [2.05, 4.69) is 6.07 Å². The molecule has 0 radical (unpaired) electrons. The second-order valence-electron chi connectivity index (χ2n) is 7.13. The van der Waals surface area contributed by atoms with Crippen LogP contribution in [-0.4, -0.2) is 17.5 Å². The predicted octanol–water partition coefficient (Wildman–Crippen LogP) is 6.01. The number of amides is 1. The van der Waals surface area contributed by atoms with Gasteiger partial charge in [-0.1, -0.05) is 71.7 Å². The van der Waals surface area contributed by atoms with Crippen molar-refractivity contribution in [2.75, 3.05) is 6.54 Å². The quantitative estimate of drug-likeness (QED) is 0.504. The zero-order valence-electron chi connectivity index (χ0n) is 16.0. The van der Waals surface area contributed by atoms with E-state index < -0.39 is 11.6 Å². The normalized spacial score (nSPS) is 17.7. The van der Waals surface area contributed by atoms with Gasteiger partial charge in [-0.25, -0.2) is 4.79 Å². The van der Waals surface area contributed by atoms with Gasteiger partial charge in [-0.2, -0.15) is 5.26 Å². The van der Waals surface area contributed by atoms with E-state index in [9.17, 15) is 10.1 Å². The summed E-state index contributed by atoms with van der Waals surface area (Å²) in [5.41, 5.74) is 1.10. The topological polar surface area (TPSA) is 53.3 Å². The highest BCUT2D eigenvalue weighted by molar-refractivity contribution is 6.35. The average Bonchev–Trinajstić information content (AvgIpc) is 2.75. The van der Waals surface area contributed by atoms with Crippen LogP contribution in [0.1, 0.15) is 16.7 Å². The summed E-state index contributed by atoms with van der Waals surface area (Å²) in [6, 6.07) is 24.2. The fourth-order valence-corrected chi connectivity index (χ4v) is 4.51. The molecule has 1 aliphatic heterocycles. The van der Waals surface area contributed by atoms with Gasteiger partial charge in [0, 0.05) is 23.0 Å². The molecule has 3 aromatic carbocycles. The Labute approximate surface area is 185 Å². The first-order valence-corrected chi connectivity index (χ1v) is 10.3. The Morgan fingerprint density at radius 2 is 1.73 bits per heavy atom. The van der Waals surface area contributed by atoms with Crippen molar-refractivity contribution in [2.45, 2.75) is 18.4 Å². The van der Waals surface area contributed by atoms with Crippen LogP contribution < -0.4 is 4.74 Å². The summed E-state index contributed by atoms with van der Waals surface area (Å²) in [5, 5.41) is 11.4. The van der Waals surface area contributed by atoms with E-state index in [1.165, 1.54) is 4.90 Å². The highest BCUT2D eigenvalue weighted by Crippen LogP contribution is 2.42. The maximum Gasteiger partial charge on any atom is 0.416 e. The predicted molar refractivity (Wildman–Crippen MR) is 117 cm³/mol. The summed E-state index contributed by atoms with van der Waals surface area (Å²) in [6.45, 7) is 0.306. The number of rotatable bonds is 3. The SMILES string of the molecule is N#C[C@]1(Cc2ccccc2)c2cc(Cl)cc(Cl)c2CCN1C(=O)Oc1ccccc1. The Kier molecular flexibility index (Phi) is 5.67. The largest absolute Gasteiger partial charge is 0.416 e. The van der Waals surface area contributed by atoms with Crippen molar-refractivity contribution in [3.05, 3.63) is 99.5 Å². The lowest BCUT2D eigenvalue weighted by Gasteiger charge is -2.43. The molecule has 1 heterocycles. The van der Waals surface area contributed by atoms with Gasteiger partial charge in [-0.3, -0.25) is 4.90 Å². The summed E-state index contributed by atoms with van der Waals surface area (Å²) in [5.74, 6) is 0.420. The molecule has 0 bridgehead atoms. The van der Waals surface area contributed by atoms with Crippen LogP contribution in [0.15, 0.2) is 72.8 Å². The van der Waals surface area contributed by atoms with Crippen LogP contribution in [0.3, 0.4) is 0 Å². The lowest BCUT2D eigenvalue weighted by molar-refractivity contribution is 0.0994. The van der Waals surface area contributed by atoms with E-state index in [-0.39, 0.29) is 6.42 Å². The molecule has 0 fully saturated rings. The molecule has 0 aromatic heterocycles. The number of hydrogen-bond donors (Lipinski definition) is 0. The van der Waals surface area contributed by atoms with Crippen molar-refractivity contribution in [1.29, 1.82) is 5.26 Å². The molecule has 0 N–H and O–H groups in total. The first-order chi connectivity index (χ1) is 14.5. The van der Waals surface area contributed by atoms with Gasteiger partial charge < -0.3 is 4.74 Å². The molecule has 0 aliphatic carbocycles. The van der Waals surface area contributed by atoms with Crippen molar-refractivity contribution < 1.29 is 9.53 Å². The van der Waals surface area contributed by atoms with Crippen molar-refractivity contribution in [3.63, 3.8) is 0 Å². The molecule has 3 aromatic rings. The molecule has 4 rings (SSSR count). The number of nitriles is 1. The Morgan fingerprint density at radius 1 is 1.07 bits per heavy atom. The Hall–Kier alpha value is -3.00. The van der Waals surface area contributed by atoms with Crippen LogP contribution in [0.2, 0.25) is 10.0 Å². The van der Waals surface area contributed by atoms with Crippen LogP contribution in [0.5, 0.6) is 5.75 Å². The number of carbonyl (C=O) groups excluding carboxylic acids is 1. The lowest BCUT2D eigenvalue weighted by Crippen LogP contribution is -2.55. The smallest absolute Gasteiger partial charge is 0.410 e. The first kappa shape index (κ1) is 20.3. The third-order valence-corrected chi connectivity index (χ3v) is 5.86. The zero-order valence-corrected chi connectivity index (χ0v) is 17.5. The molecule has 30 heavy (non-hydrogen) atoms. The maximum absolute atomic E-state index is 13.2. The summed E-state index contributed by atoms with van der Waals surface area (Å²) < 4.78 is 5.59. The number of hydrogen-bond acceptors (Lipinski definition) is 3. The minimum Gasteiger partial charge on any atom is -0.410 e. The highest BCUT2D eigenvalue weighted by atomic mass is 35.5. The summed E-state index contributed by atoms with van der Waals surface area (Å²) in [6.07, 6.45) is 0.214. The molecular weight excluding hydrogens is 419 g/mol. The summed E-state index contributed by atoms with van der Waals surface area (Å²) in [7, 11) is 0. The number of ether oxygens (including phenoxy) is 1. The van der Waals surface area contributed by atoms with Gasteiger partial charge in [0.1, 0.15) is 5.75 Å². The van der Waals surface area contributed by atoms with Crippen LogP contribution in [0, 0.1) is 11.3 Å². The maximum atomic E-state index is 13.2. The number of benzene rings is 3. The van der Waals surface area contributed by atoms with Crippen molar-refractivity contribution >= 4 is 29.3 Å². The van der Waals surface area contributed by atoms with E-state index in [0.717, 1.165) is 11.1 Å². The van der Waals surface area contributed by atoms with Gasteiger partial charge in [-0.05, 0) is 47.4 Å². The molecule has 4 nitrogen and oxygen atoms in total. The molecule has 6 heteroatoms. The number of para-hydroxylation sites is 1. The average molecular weight is 437 g/mol. The van der Waals surface area contributed by atoms with Crippen molar-refractivity contribution in [1.82, 2.24) is 4.90 Å². The van der Waals surface area contributed by atoms with Crippen molar-refractivity contribution in [2.24, 2.45) is 0 Å². The number of carbonyl (C=O) groups is 1. The zero-order chi connectivity index (χ0) is 21.1.